The van der Waals surface area contributed by atoms with E-state index in [4.69, 9.17) is 4.74 Å². The SMILES string of the molecule is O=C(COc1ccc(F)cc1F)N(Cc1ccccc1)Cc1ccccc1. The van der Waals surface area contributed by atoms with Crippen LogP contribution in [0.2, 0.25) is 0 Å². The van der Waals surface area contributed by atoms with Gasteiger partial charge in [-0.15, -0.1) is 0 Å². The Labute approximate surface area is 156 Å². The van der Waals surface area contributed by atoms with Gasteiger partial charge in [-0.25, -0.2) is 8.78 Å². The van der Waals surface area contributed by atoms with E-state index >= 15 is 0 Å². The zero-order valence-corrected chi connectivity index (χ0v) is 14.6. The summed E-state index contributed by atoms with van der Waals surface area (Å²) in [4.78, 5) is 14.4. The minimum atomic E-state index is -0.833. The van der Waals surface area contributed by atoms with Crippen molar-refractivity contribution in [2.75, 3.05) is 6.61 Å². The number of carbonyl (C=O) groups excluding carboxylic acids is 1. The normalized spacial score (nSPS) is 10.4. The number of benzene rings is 3. The average molecular weight is 367 g/mol. The Kier molecular flexibility index (Phi) is 6.15. The molecule has 0 aromatic heterocycles. The first-order chi connectivity index (χ1) is 13.1. The fourth-order valence-corrected chi connectivity index (χ4v) is 2.66. The van der Waals surface area contributed by atoms with Crippen LogP contribution in [-0.2, 0) is 17.9 Å². The van der Waals surface area contributed by atoms with Gasteiger partial charge in [0.1, 0.15) is 5.82 Å². The Morgan fingerprint density at radius 2 is 1.37 bits per heavy atom. The van der Waals surface area contributed by atoms with Crippen molar-refractivity contribution >= 4 is 5.91 Å². The van der Waals surface area contributed by atoms with E-state index in [9.17, 15) is 13.6 Å². The summed E-state index contributed by atoms with van der Waals surface area (Å²) in [6.45, 7) is 0.482. The summed E-state index contributed by atoms with van der Waals surface area (Å²) >= 11 is 0. The lowest BCUT2D eigenvalue weighted by molar-refractivity contribution is -0.134. The van der Waals surface area contributed by atoms with Crippen molar-refractivity contribution in [1.29, 1.82) is 0 Å². The first kappa shape index (κ1) is 18.6. The Morgan fingerprint density at radius 1 is 0.815 bits per heavy atom. The number of amides is 1. The molecule has 0 aliphatic rings. The molecular weight excluding hydrogens is 348 g/mol. The summed E-state index contributed by atoms with van der Waals surface area (Å²) in [7, 11) is 0. The second-order valence-corrected chi connectivity index (χ2v) is 6.08. The van der Waals surface area contributed by atoms with Gasteiger partial charge in [-0.05, 0) is 23.3 Å². The summed E-state index contributed by atoms with van der Waals surface area (Å²) in [5.41, 5.74) is 1.96. The Balaban J connectivity index is 1.71. The fraction of sp³-hybridized carbons (Fsp3) is 0.136. The fourth-order valence-electron chi connectivity index (χ4n) is 2.66. The summed E-state index contributed by atoms with van der Waals surface area (Å²) in [6, 6.07) is 22.2. The van der Waals surface area contributed by atoms with Crippen LogP contribution in [0.3, 0.4) is 0 Å². The molecule has 3 aromatic carbocycles. The van der Waals surface area contributed by atoms with Gasteiger partial charge >= 0.3 is 0 Å². The van der Waals surface area contributed by atoms with Crippen LogP contribution in [0.25, 0.3) is 0 Å². The molecule has 138 valence electrons. The van der Waals surface area contributed by atoms with E-state index in [1.54, 1.807) is 4.90 Å². The lowest BCUT2D eigenvalue weighted by Gasteiger charge is -2.23. The maximum Gasteiger partial charge on any atom is 0.261 e. The predicted molar refractivity (Wildman–Crippen MR) is 99.0 cm³/mol. The first-order valence-corrected chi connectivity index (χ1v) is 8.55. The second-order valence-electron chi connectivity index (χ2n) is 6.08. The van der Waals surface area contributed by atoms with Crippen LogP contribution in [0.15, 0.2) is 78.9 Å². The lowest BCUT2D eigenvalue weighted by Crippen LogP contribution is -2.34. The molecule has 0 atom stereocenters. The van der Waals surface area contributed by atoms with Crippen LogP contribution in [0, 0.1) is 11.6 Å². The van der Waals surface area contributed by atoms with Crippen molar-refractivity contribution in [2.45, 2.75) is 13.1 Å². The van der Waals surface area contributed by atoms with Crippen LogP contribution in [0.4, 0.5) is 8.78 Å². The van der Waals surface area contributed by atoms with E-state index in [1.165, 1.54) is 6.07 Å². The minimum absolute atomic E-state index is 0.149. The molecule has 3 nitrogen and oxygen atoms in total. The number of rotatable bonds is 7. The van der Waals surface area contributed by atoms with E-state index in [2.05, 4.69) is 0 Å². The van der Waals surface area contributed by atoms with Gasteiger partial charge < -0.3 is 9.64 Å². The minimum Gasteiger partial charge on any atom is -0.481 e. The molecule has 0 saturated heterocycles. The Hall–Kier alpha value is -3.21. The quantitative estimate of drug-likeness (QED) is 0.612. The third-order valence-electron chi connectivity index (χ3n) is 4.03. The number of nitrogens with zero attached hydrogens (tertiary/aromatic N) is 1. The van der Waals surface area contributed by atoms with Crippen molar-refractivity contribution in [2.24, 2.45) is 0 Å². The average Bonchev–Trinajstić information content (AvgIpc) is 2.68. The van der Waals surface area contributed by atoms with Gasteiger partial charge in [-0.3, -0.25) is 4.79 Å². The van der Waals surface area contributed by atoms with E-state index in [-0.39, 0.29) is 18.3 Å². The smallest absolute Gasteiger partial charge is 0.261 e. The predicted octanol–water partition coefficient (Wildman–Crippen LogP) is 4.57. The molecule has 0 aliphatic carbocycles. The van der Waals surface area contributed by atoms with E-state index in [0.29, 0.717) is 13.1 Å². The molecule has 0 radical (unpaired) electrons. The zero-order chi connectivity index (χ0) is 19.1. The van der Waals surface area contributed by atoms with Gasteiger partial charge in [0.25, 0.3) is 5.91 Å². The topological polar surface area (TPSA) is 29.5 Å². The molecular formula is C22H19F2NO2. The molecule has 1 amide bonds. The van der Waals surface area contributed by atoms with Crippen LogP contribution in [0.5, 0.6) is 5.75 Å². The molecule has 0 unspecified atom stereocenters. The highest BCUT2D eigenvalue weighted by molar-refractivity contribution is 5.77. The molecule has 0 N–H and O–H groups in total. The van der Waals surface area contributed by atoms with Crippen molar-refractivity contribution in [1.82, 2.24) is 4.90 Å². The molecule has 0 bridgehead atoms. The van der Waals surface area contributed by atoms with Gasteiger partial charge in [0, 0.05) is 19.2 Å². The van der Waals surface area contributed by atoms with Gasteiger partial charge in [0.15, 0.2) is 18.2 Å². The monoisotopic (exact) mass is 367 g/mol. The second kappa shape index (κ2) is 8.94. The van der Waals surface area contributed by atoms with Gasteiger partial charge in [-0.1, -0.05) is 60.7 Å². The standard InChI is InChI=1S/C22H19F2NO2/c23-19-11-12-21(20(24)13-19)27-16-22(26)25(14-17-7-3-1-4-8-17)15-18-9-5-2-6-10-18/h1-13H,14-16H2. The number of halogens is 2. The molecule has 0 aliphatic heterocycles. The van der Waals surface area contributed by atoms with Crippen molar-refractivity contribution in [3.8, 4) is 5.75 Å². The van der Waals surface area contributed by atoms with E-state index < -0.39 is 11.6 Å². The maximum absolute atomic E-state index is 13.7. The number of hydrogen-bond acceptors (Lipinski definition) is 2. The molecule has 5 heteroatoms. The molecule has 0 saturated carbocycles. The van der Waals surface area contributed by atoms with Crippen LogP contribution in [0.1, 0.15) is 11.1 Å². The summed E-state index contributed by atoms with van der Waals surface area (Å²) < 4.78 is 32.0. The van der Waals surface area contributed by atoms with Crippen LogP contribution < -0.4 is 4.74 Å². The van der Waals surface area contributed by atoms with Gasteiger partial charge in [0.05, 0.1) is 0 Å². The zero-order valence-electron chi connectivity index (χ0n) is 14.6. The summed E-state index contributed by atoms with van der Waals surface area (Å²) in [6.07, 6.45) is 0. The largest absolute Gasteiger partial charge is 0.481 e. The number of ether oxygens (including phenoxy) is 1. The highest BCUT2D eigenvalue weighted by Crippen LogP contribution is 2.18. The lowest BCUT2D eigenvalue weighted by atomic mass is 10.1. The van der Waals surface area contributed by atoms with E-state index in [1.807, 2.05) is 60.7 Å². The first-order valence-electron chi connectivity index (χ1n) is 8.55. The molecule has 0 spiro atoms. The number of carbonyl (C=O) groups is 1. The third kappa shape index (κ3) is 5.38. The van der Waals surface area contributed by atoms with E-state index in [0.717, 1.165) is 23.3 Å². The number of hydrogen-bond donors (Lipinski definition) is 0. The van der Waals surface area contributed by atoms with Crippen molar-refractivity contribution in [3.63, 3.8) is 0 Å². The summed E-state index contributed by atoms with van der Waals surface area (Å²) in [5, 5.41) is 0. The molecule has 3 aromatic rings. The molecule has 3 rings (SSSR count). The molecule has 0 heterocycles. The van der Waals surface area contributed by atoms with Crippen LogP contribution in [-0.4, -0.2) is 17.4 Å². The van der Waals surface area contributed by atoms with Gasteiger partial charge in [-0.2, -0.15) is 0 Å². The maximum atomic E-state index is 13.7. The molecule has 27 heavy (non-hydrogen) atoms. The van der Waals surface area contributed by atoms with Crippen molar-refractivity contribution in [3.05, 3.63) is 102 Å². The molecule has 0 fully saturated rings. The van der Waals surface area contributed by atoms with Gasteiger partial charge in [0.2, 0.25) is 0 Å². The highest BCUT2D eigenvalue weighted by atomic mass is 19.1. The third-order valence-corrected chi connectivity index (χ3v) is 4.03. The Morgan fingerprint density at radius 3 is 1.89 bits per heavy atom. The highest BCUT2D eigenvalue weighted by Gasteiger charge is 2.16. The van der Waals surface area contributed by atoms with Crippen LogP contribution >= 0.6 is 0 Å². The van der Waals surface area contributed by atoms with Crippen molar-refractivity contribution < 1.29 is 18.3 Å². The summed E-state index contributed by atoms with van der Waals surface area (Å²) in [5.74, 6) is -1.96. The Bertz CT molecular complexity index is 844.